The minimum Gasteiger partial charge on any atom is -0.368 e. The number of benzene rings is 1. The number of nitriles is 1. The predicted octanol–water partition coefficient (Wildman–Crippen LogP) is 5.96. The monoisotopic (exact) mass is 644 g/mol. The van der Waals surface area contributed by atoms with Crippen LogP contribution in [0.15, 0.2) is 36.6 Å². The Kier molecular flexibility index (Phi) is 8.57. The third kappa shape index (κ3) is 5.17. The third-order valence-corrected chi connectivity index (χ3v) is 8.08. The largest absolute Gasteiger partial charge is 0.368 e. The standard InChI is InChI=1S/C31H26ClF5N6O2/c1-5-19(44)41-8-10-42(11-9-41)29-16-12-18(32)27(20-21(33)23(35)25(37)24(36)22(20)34)40-30(16)43(31(45)17(29)13-38)28-15(4)6-7-39-26(28)14(2)3/h5-7,12,14,31,45H,1,8-11H2,2-4H3. The number of carbonyl (C=O) groups is 1. The van der Waals surface area contributed by atoms with E-state index in [2.05, 4.69) is 22.6 Å². The number of halogens is 6. The summed E-state index contributed by atoms with van der Waals surface area (Å²) >= 11 is 6.49. The summed E-state index contributed by atoms with van der Waals surface area (Å²) in [5.41, 5.74) is -0.511. The molecule has 8 nitrogen and oxygen atoms in total. The highest BCUT2D eigenvalue weighted by Gasteiger charge is 2.41. The number of nitrogens with zero attached hydrogens (tertiary/aromatic N) is 6. The molecule has 1 N–H and O–H groups in total. The van der Waals surface area contributed by atoms with E-state index in [9.17, 15) is 28.3 Å². The maximum atomic E-state index is 15.1. The number of aromatic nitrogens is 2. The molecular weight excluding hydrogens is 619 g/mol. The first-order valence-corrected chi connectivity index (χ1v) is 14.2. The third-order valence-electron chi connectivity index (χ3n) is 7.79. The van der Waals surface area contributed by atoms with E-state index in [1.54, 1.807) is 29.0 Å². The summed E-state index contributed by atoms with van der Waals surface area (Å²) in [6.07, 6.45) is 1.02. The molecule has 1 fully saturated rings. The summed E-state index contributed by atoms with van der Waals surface area (Å²) in [5, 5.41) is 21.7. The number of hydrogen-bond donors (Lipinski definition) is 1. The predicted molar refractivity (Wildman–Crippen MR) is 157 cm³/mol. The maximum Gasteiger partial charge on any atom is 0.246 e. The molecule has 14 heteroatoms. The van der Waals surface area contributed by atoms with Crippen molar-refractivity contribution in [2.75, 3.05) is 31.1 Å². The van der Waals surface area contributed by atoms with Crippen molar-refractivity contribution in [3.8, 4) is 17.3 Å². The average Bonchev–Trinajstić information content (AvgIpc) is 3.02. The van der Waals surface area contributed by atoms with Crippen LogP contribution in [0.25, 0.3) is 17.0 Å². The van der Waals surface area contributed by atoms with Gasteiger partial charge in [0.05, 0.1) is 33.4 Å². The van der Waals surface area contributed by atoms with Gasteiger partial charge in [-0.15, -0.1) is 0 Å². The molecule has 1 saturated heterocycles. The summed E-state index contributed by atoms with van der Waals surface area (Å²) in [5.74, 6) is -11.6. The van der Waals surface area contributed by atoms with Crippen LogP contribution in [0.4, 0.5) is 33.5 Å². The van der Waals surface area contributed by atoms with Crippen LogP contribution in [0, 0.1) is 47.3 Å². The lowest BCUT2D eigenvalue weighted by atomic mass is 9.95. The van der Waals surface area contributed by atoms with Gasteiger partial charge in [0.25, 0.3) is 0 Å². The minimum absolute atomic E-state index is 0.120. The molecule has 4 heterocycles. The molecule has 2 aliphatic rings. The summed E-state index contributed by atoms with van der Waals surface area (Å²) in [6.45, 7) is 9.81. The molecule has 2 aliphatic heterocycles. The molecule has 0 saturated carbocycles. The fraction of sp³-hybridized carbons (Fsp3) is 0.290. The van der Waals surface area contributed by atoms with Crippen molar-refractivity contribution in [2.24, 2.45) is 0 Å². The van der Waals surface area contributed by atoms with Gasteiger partial charge in [-0.25, -0.2) is 26.9 Å². The first-order valence-electron chi connectivity index (χ1n) is 13.8. The van der Waals surface area contributed by atoms with Crippen LogP contribution in [-0.4, -0.2) is 63.2 Å². The quantitative estimate of drug-likeness (QED) is 0.159. The van der Waals surface area contributed by atoms with E-state index in [0.717, 1.165) is 0 Å². The molecule has 1 aromatic carbocycles. The van der Waals surface area contributed by atoms with Gasteiger partial charge in [0.1, 0.15) is 17.5 Å². The highest BCUT2D eigenvalue weighted by Crippen LogP contribution is 2.48. The highest BCUT2D eigenvalue weighted by molar-refractivity contribution is 6.33. The summed E-state index contributed by atoms with van der Waals surface area (Å²) in [4.78, 5) is 25.5. The van der Waals surface area contributed by atoms with E-state index in [1.807, 2.05) is 13.8 Å². The minimum atomic E-state index is -2.34. The summed E-state index contributed by atoms with van der Waals surface area (Å²) < 4.78 is 72.6. The Morgan fingerprint density at radius 3 is 2.27 bits per heavy atom. The van der Waals surface area contributed by atoms with E-state index in [-0.39, 0.29) is 60.7 Å². The highest BCUT2D eigenvalue weighted by atomic mass is 35.5. The van der Waals surface area contributed by atoms with Gasteiger partial charge in [0.2, 0.25) is 11.7 Å². The zero-order chi connectivity index (χ0) is 32.9. The molecule has 3 aromatic rings. The second-order valence-electron chi connectivity index (χ2n) is 10.8. The van der Waals surface area contributed by atoms with Crippen LogP contribution in [0.5, 0.6) is 0 Å². The van der Waals surface area contributed by atoms with E-state index in [0.29, 0.717) is 16.9 Å². The molecular formula is C31H26ClF5N6O2. The first kappa shape index (κ1) is 31.9. The van der Waals surface area contributed by atoms with Crippen molar-refractivity contribution in [2.45, 2.75) is 32.9 Å². The van der Waals surface area contributed by atoms with Crippen LogP contribution >= 0.6 is 11.6 Å². The second-order valence-corrected chi connectivity index (χ2v) is 11.2. The average molecular weight is 645 g/mol. The van der Waals surface area contributed by atoms with Gasteiger partial charge in [0, 0.05) is 37.9 Å². The maximum absolute atomic E-state index is 15.1. The number of hydrogen-bond acceptors (Lipinski definition) is 7. The summed E-state index contributed by atoms with van der Waals surface area (Å²) in [6, 6.07) is 4.92. The van der Waals surface area contributed by atoms with Crippen molar-refractivity contribution in [1.29, 1.82) is 5.26 Å². The number of carbonyl (C=O) groups excluding carboxylic acids is 1. The van der Waals surface area contributed by atoms with Gasteiger partial charge in [0.15, 0.2) is 29.5 Å². The molecule has 0 radical (unpaired) electrons. The Balaban J connectivity index is 1.82. The van der Waals surface area contributed by atoms with Gasteiger partial charge in [-0.2, -0.15) is 5.26 Å². The van der Waals surface area contributed by atoms with Crippen LogP contribution < -0.4 is 4.90 Å². The zero-order valence-electron chi connectivity index (χ0n) is 24.3. The van der Waals surface area contributed by atoms with Crippen LogP contribution in [0.1, 0.15) is 36.6 Å². The lowest BCUT2D eigenvalue weighted by molar-refractivity contribution is -0.127. The van der Waals surface area contributed by atoms with Crippen molar-refractivity contribution in [3.05, 3.63) is 87.5 Å². The molecule has 1 amide bonds. The Bertz CT molecular complexity index is 1790. The molecule has 5 rings (SSSR count). The number of rotatable bonds is 5. The number of amides is 1. The SMILES string of the molecule is C=CC(=O)N1CCN(C2=C(C#N)C(O)N(c3c(C)ccnc3C(C)C)c3nc(-c4c(F)c(F)c(F)c(F)c4F)c(Cl)cc32)CC1. The van der Waals surface area contributed by atoms with Gasteiger partial charge in [-0.3, -0.25) is 14.7 Å². The lowest BCUT2D eigenvalue weighted by Gasteiger charge is -2.43. The fourth-order valence-corrected chi connectivity index (χ4v) is 5.85. The number of aryl methyl sites for hydroxylation is 1. The molecule has 234 valence electrons. The lowest BCUT2D eigenvalue weighted by Crippen LogP contribution is -2.49. The fourth-order valence-electron chi connectivity index (χ4n) is 5.60. The number of aliphatic hydroxyl groups is 1. The zero-order valence-corrected chi connectivity index (χ0v) is 25.1. The first-order chi connectivity index (χ1) is 21.3. The van der Waals surface area contributed by atoms with Crippen molar-refractivity contribution < 1.29 is 31.9 Å². The molecule has 0 spiro atoms. The van der Waals surface area contributed by atoms with Crippen LogP contribution in [0.3, 0.4) is 0 Å². The van der Waals surface area contributed by atoms with Crippen LogP contribution in [0.2, 0.25) is 5.02 Å². The summed E-state index contributed by atoms with van der Waals surface area (Å²) in [7, 11) is 0. The topological polar surface area (TPSA) is 96.6 Å². The van der Waals surface area contributed by atoms with Gasteiger partial charge in [-0.1, -0.05) is 32.0 Å². The van der Waals surface area contributed by atoms with E-state index in [1.165, 1.54) is 17.0 Å². The molecule has 1 unspecified atom stereocenters. The van der Waals surface area contributed by atoms with Crippen molar-refractivity contribution in [3.63, 3.8) is 0 Å². The number of piperazine rings is 1. The van der Waals surface area contributed by atoms with Crippen LogP contribution in [-0.2, 0) is 4.79 Å². The Morgan fingerprint density at radius 1 is 1.11 bits per heavy atom. The van der Waals surface area contributed by atoms with E-state index in [4.69, 9.17) is 11.6 Å². The normalized spacial score (nSPS) is 16.7. The van der Waals surface area contributed by atoms with Crippen molar-refractivity contribution >= 4 is 34.7 Å². The Labute approximate surface area is 260 Å². The number of fused-ring (bicyclic) bond motifs is 1. The number of anilines is 2. The van der Waals surface area contributed by atoms with Gasteiger partial charge >= 0.3 is 0 Å². The Morgan fingerprint density at radius 2 is 1.71 bits per heavy atom. The van der Waals surface area contributed by atoms with Gasteiger partial charge < -0.3 is 14.9 Å². The second kappa shape index (κ2) is 12.1. The molecule has 0 aliphatic carbocycles. The molecule has 45 heavy (non-hydrogen) atoms. The van der Waals surface area contributed by atoms with Gasteiger partial charge in [-0.05, 0) is 36.6 Å². The van der Waals surface area contributed by atoms with E-state index < -0.39 is 51.6 Å². The molecule has 0 bridgehead atoms. The number of pyridine rings is 2. The number of aliphatic hydroxyl groups excluding tert-OH is 1. The van der Waals surface area contributed by atoms with Crippen molar-refractivity contribution in [1.82, 2.24) is 19.8 Å². The molecule has 1 atom stereocenters. The Hall–Kier alpha value is -4.54. The molecule has 2 aromatic heterocycles. The van der Waals surface area contributed by atoms with E-state index >= 15 is 8.78 Å². The smallest absolute Gasteiger partial charge is 0.246 e.